The number of piperazine rings is 1. The number of alkyl halides is 6. The Morgan fingerprint density at radius 2 is 1.70 bits per heavy atom. The Hall–Kier alpha value is -2.41. The van der Waals surface area contributed by atoms with Gasteiger partial charge in [0.25, 0.3) is 6.10 Å². The predicted octanol–water partition coefficient (Wildman–Crippen LogP) is 4.29. The lowest BCUT2D eigenvalue weighted by molar-refractivity contribution is -0.308. The summed E-state index contributed by atoms with van der Waals surface area (Å²) in [5, 5.41) is 0.552. The Morgan fingerprint density at radius 3 is 2.30 bits per heavy atom. The maximum absolute atomic E-state index is 12.7. The molecule has 7 nitrogen and oxygen atoms in total. The molecule has 3 fully saturated rings. The van der Waals surface area contributed by atoms with Gasteiger partial charge in [-0.2, -0.15) is 26.3 Å². The number of rotatable bonds is 5. The second kappa shape index (κ2) is 10.8. The zero-order chi connectivity index (χ0) is 27.0. The first-order chi connectivity index (χ1) is 17.3. The van der Waals surface area contributed by atoms with Gasteiger partial charge in [-0.05, 0) is 30.5 Å². The van der Waals surface area contributed by atoms with Gasteiger partial charge in [0, 0.05) is 69.5 Å². The van der Waals surface area contributed by atoms with Gasteiger partial charge in [-0.25, -0.2) is 4.79 Å². The van der Waals surface area contributed by atoms with Crippen molar-refractivity contribution in [1.29, 1.82) is 0 Å². The number of nitrogens with zero attached hydrogens (tertiary/aromatic N) is 4. The van der Waals surface area contributed by atoms with Crippen LogP contribution in [0.15, 0.2) is 18.2 Å². The molecule has 206 valence electrons. The topological polar surface area (TPSA) is 56.3 Å². The lowest BCUT2D eigenvalue weighted by Crippen LogP contribution is -2.52. The van der Waals surface area contributed by atoms with Crippen LogP contribution in [0.3, 0.4) is 0 Å². The largest absolute Gasteiger partial charge is 0.434 e. The molecule has 3 saturated heterocycles. The zero-order valence-corrected chi connectivity index (χ0v) is 20.6. The summed E-state index contributed by atoms with van der Waals surface area (Å²) in [4.78, 5) is 31.1. The van der Waals surface area contributed by atoms with Crippen molar-refractivity contribution >= 4 is 29.3 Å². The van der Waals surface area contributed by atoms with Crippen LogP contribution >= 0.6 is 11.6 Å². The lowest BCUT2D eigenvalue weighted by Gasteiger charge is -2.36. The highest BCUT2D eigenvalue weighted by atomic mass is 35.5. The summed E-state index contributed by atoms with van der Waals surface area (Å²) in [6, 6.07) is 5.62. The van der Waals surface area contributed by atoms with E-state index in [4.69, 9.17) is 11.6 Å². The number of anilines is 1. The summed E-state index contributed by atoms with van der Waals surface area (Å²) in [7, 11) is 0. The average molecular weight is 557 g/mol. The maximum atomic E-state index is 12.7. The Labute approximate surface area is 214 Å². The Bertz CT molecular complexity index is 986. The van der Waals surface area contributed by atoms with Crippen molar-refractivity contribution in [2.45, 2.75) is 50.3 Å². The smallest absolute Gasteiger partial charge is 0.426 e. The first-order valence-corrected chi connectivity index (χ1v) is 12.3. The summed E-state index contributed by atoms with van der Waals surface area (Å²) in [5.74, 6) is 0.173. The highest BCUT2D eigenvalue weighted by Crippen LogP contribution is 2.36. The monoisotopic (exact) mass is 556 g/mol. The van der Waals surface area contributed by atoms with Gasteiger partial charge in [-0.1, -0.05) is 17.7 Å². The van der Waals surface area contributed by atoms with E-state index in [1.807, 2.05) is 21.9 Å². The minimum absolute atomic E-state index is 0.0763. The molecule has 0 aromatic heterocycles. The van der Waals surface area contributed by atoms with E-state index in [-0.39, 0.29) is 38.1 Å². The number of likely N-dealkylation sites (tertiary alicyclic amines) is 1. The van der Waals surface area contributed by atoms with Gasteiger partial charge in [-0.15, -0.1) is 0 Å². The molecular formula is C23H27ClF6N4O3. The molecule has 4 rings (SSSR count). The van der Waals surface area contributed by atoms with E-state index >= 15 is 0 Å². The van der Waals surface area contributed by atoms with E-state index in [1.54, 1.807) is 6.07 Å². The molecule has 3 heterocycles. The standard InChI is InChI=1S/C23H27ClF6N4O3/c24-16-4-3-15(18(12-16)33-7-5-17(14-33)34-6-1-2-19(34)35)13-31-8-10-32(11-9-31)21(36)37-20(22(25,26)27)23(28,29)30/h3-4,12,17,20H,1-2,5-11,13-14H2/t17-/m0/s1. The second-order valence-corrected chi connectivity index (χ2v) is 9.90. The molecule has 37 heavy (non-hydrogen) atoms. The Morgan fingerprint density at radius 1 is 1.03 bits per heavy atom. The van der Waals surface area contributed by atoms with Crippen LogP contribution in [0.1, 0.15) is 24.8 Å². The van der Waals surface area contributed by atoms with E-state index in [2.05, 4.69) is 9.64 Å². The molecule has 1 aromatic carbocycles. The molecule has 1 atom stereocenters. The number of amides is 2. The summed E-state index contributed by atoms with van der Waals surface area (Å²) < 4.78 is 80.1. The predicted molar refractivity (Wildman–Crippen MR) is 122 cm³/mol. The zero-order valence-electron chi connectivity index (χ0n) is 19.8. The van der Waals surface area contributed by atoms with Crippen molar-refractivity contribution in [1.82, 2.24) is 14.7 Å². The maximum Gasteiger partial charge on any atom is 0.434 e. The van der Waals surface area contributed by atoms with Gasteiger partial charge in [0.15, 0.2) is 0 Å². The number of halogens is 7. The molecule has 3 aliphatic heterocycles. The molecule has 0 unspecified atom stereocenters. The van der Waals surface area contributed by atoms with Crippen molar-refractivity contribution in [2.24, 2.45) is 0 Å². The van der Waals surface area contributed by atoms with Crippen LogP contribution in [0, 0.1) is 0 Å². The third-order valence-electron chi connectivity index (χ3n) is 6.94. The molecule has 3 aliphatic rings. The van der Waals surface area contributed by atoms with Crippen molar-refractivity contribution in [2.75, 3.05) is 50.7 Å². The number of ether oxygens (including phenoxy) is 1. The van der Waals surface area contributed by atoms with Crippen molar-refractivity contribution < 1.29 is 40.7 Å². The van der Waals surface area contributed by atoms with E-state index in [0.717, 1.165) is 42.1 Å². The highest BCUT2D eigenvalue weighted by Gasteiger charge is 2.60. The number of hydrogen-bond donors (Lipinski definition) is 0. The summed E-state index contributed by atoms with van der Waals surface area (Å²) >= 11 is 6.26. The van der Waals surface area contributed by atoms with Gasteiger partial charge in [-0.3, -0.25) is 9.69 Å². The third kappa shape index (κ3) is 6.54. The SMILES string of the molecule is O=C(OC(C(F)(F)F)C(F)(F)F)N1CCN(Cc2ccc(Cl)cc2N2CC[C@H](N3CCCC3=O)C2)CC1. The van der Waals surface area contributed by atoms with E-state index < -0.39 is 24.5 Å². The van der Waals surface area contributed by atoms with Crippen LogP contribution in [-0.2, 0) is 16.1 Å². The fourth-order valence-corrected chi connectivity index (χ4v) is 5.23. The van der Waals surface area contributed by atoms with Gasteiger partial charge >= 0.3 is 18.4 Å². The summed E-state index contributed by atoms with van der Waals surface area (Å²) in [5.41, 5.74) is 1.87. The fraction of sp³-hybridized carbons (Fsp3) is 0.652. The molecule has 0 aliphatic carbocycles. The summed E-state index contributed by atoms with van der Waals surface area (Å²) in [6.07, 6.45) is -15.0. The quantitative estimate of drug-likeness (QED) is 0.507. The normalized spacial score (nSPS) is 21.9. The van der Waals surface area contributed by atoms with Gasteiger partial charge in [0.1, 0.15) is 0 Å². The molecule has 1 aromatic rings. The molecule has 0 radical (unpaired) electrons. The van der Waals surface area contributed by atoms with Gasteiger partial charge < -0.3 is 19.4 Å². The van der Waals surface area contributed by atoms with Crippen LogP contribution in [0.25, 0.3) is 0 Å². The Kier molecular flexibility index (Phi) is 8.03. The summed E-state index contributed by atoms with van der Waals surface area (Å²) in [6.45, 7) is 2.97. The number of hydrogen-bond acceptors (Lipinski definition) is 5. The second-order valence-electron chi connectivity index (χ2n) is 9.46. The van der Waals surface area contributed by atoms with E-state index in [9.17, 15) is 35.9 Å². The highest BCUT2D eigenvalue weighted by molar-refractivity contribution is 6.30. The number of benzene rings is 1. The van der Waals surface area contributed by atoms with E-state index in [0.29, 0.717) is 24.5 Å². The van der Waals surface area contributed by atoms with Crippen LogP contribution in [0.4, 0.5) is 36.8 Å². The molecule has 0 N–H and O–H groups in total. The van der Waals surface area contributed by atoms with Crippen LogP contribution in [-0.4, -0.2) is 97.0 Å². The first-order valence-electron chi connectivity index (χ1n) is 12.0. The average Bonchev–Trinajstić information content (AvgIpc) is 3.46. The number of carbonyl (C=O) groups is 2. The van der Waals surface area contributed by atoms with Crippen molar-refractivity contribution in [3.63, 3.8) is 0 Å². The van der Waals surface area contributed by atoms with Crippen molar-refractivity contribution in [3.8, 4) is 0 Å². The minimum atomic E-state index is -5.75. The fourth-order valence-electron chi connectivity index (χ4n) is 5.06. The first kappa shape index (κ1) is 27.6. The molecule has 0 saturated carbocycles. The van der Waals surface area contributed by atoms with Gasteiger partial charge in [0.05, 0.1) is 6.04 Å². The molecular weight excluding hydrogens is 530 g/mol. The molecule has 0 spiro atoms. The minimum Gasteiger partial charge on any atom is -0.426 e. The lowest BCUT2D eigenvalue weighted by atomic mass is 10.1. The molecule has 14 heteroatoms. The third-order valence-corrected chi connectivity index (χ3v) is 7.17. The van der Waals surface area contributed by atoms with Crippen LogP contribution < -0.4 is 4.90 Å². The number of carbonyl (C=O) groups excluding carboxylic acids is 2. The van der Waals surface area contributed by atoms with Crippen molar-refractivity contribution in [3.05, 3.63) is 28.8 Å². The van der Waals surface area contributed by atoms with Gasteiger partial charge in [0.2, 0.25) is 5.91 Å². The molecule has 2 amide bonds. The molecule has 0 bridgehead atoms. The van der Waals surface area contributed by atoms with Crippen LogP contribution in [0.2, 0.25) is 5.02 Å². The van der Waals surface area contributed by atoms with Crippen LogP contribution in [0.5, 0.6) is 0 Å². The Balaban J connectivity index is 1.35. The van der Waals surface area contributed by atoms with E-state index in [1.165, 1.54) is 0 Å².